The molecular weight excluding hydrogens is 342 g/mol. The molecule has 1 saturated heterocycles. The third-order valence-corrected chi connectivity index (χ3v) is 4.79. The van der Waals surface area contributed by atoms with Crippen LogP contribution < -0.4 is 9.47 Å². The zero-order valence-electron chi connectivity index (χ0n) is 16.4. The summed E-state index contributed by atoms with van der Waals surface area (Å²) in [6.07, 6.45) is 0.911. The predicted octanol–water partition coefficient (Wildman–Crippen LogP) is 3.32. The van der Waals surface area contributed by atoms with Gasteiger partial charge in [-0.05, 0) is 24.6 Å². The molecule has 1 atom stereocenters. The number of nitrogens with zero attached hydrogens (tertiary/aromatic N) is 3. The molecule has 1 fully saturated rings. The van der Waals surface area contributed by atoms with Crippen LogP contribution in [-0.4, -0.2) is 47.8 Å². The molecule has 6 nitrogen and oxygen atoms in total. The van der Waals surface area contributed by atoms with E-state index < -0.39 is 0 Å². The second-order valence-corrected chi connectivity index (χ2v) is 7.92. The van der Waals surface area contributed by atoms with E-state index in [9.17, 15) is 4.79 Å². The van der Waals surface area contributed by atoms with Crippen LogP contribution in [0.3, 0.4) is 0 Å². The van der Waals surface area contributed by atoms with E-state index in [1.54, 1.807) is 13.2 Å². The van der Waals surface area contributed by atoms with Crippen molar-refractivity contribution in [1.29, 1.82) is 0 Å². The highest BCUT2D eigenvalue weighted by molar-refractivity contribution is 5.97. The van der Waals surface area contributed by atoms with Crippen molar-refractivity contribution < 1.29 is 14.3 Å². The van der Waals surface area contributed by atoms with Crippen LogP contribution in [0.25, 0.3) is 0 Å². The lowest BCUT2D eigenvalue weighted by Crippen LogP contribution is -2.29. The van der Waals surface area contributed by atoms with Gasteiger partial charge in [-0.15, -0.1) is 5.10 Å². The number of aromatic nitrogens is 2. The quantitative estimate of drug-likeness (QED) is 0.809. The molecule has 2 aromatic rings. The fraction of sp³-hybridized carbons (Fsp3) is 0.476. The Bertz CT molecular complexity index is 784. The monoisotopic (exact) mass is 369 g/mol. The number of amides is 1. The summed E-state index contributed by atoms with van der Waals surface area (Å²) in [6.45, 7) is 8.22. The summed E-state index contributed by atoms with van der Waals surface area (Å²) in [6, 6.07) is 11.1. The number of methoxy groups -OCH3 is 1. The van der Waals surface area contributed by atoms with Crippen molar-refractivity contribution in [3.05, 3.63) is 47.7 Å². The van der Waals surface area contributed by atoms with Gasteiger partial charge in [0.15, 0.2) is 0 Å². The van der Waals surface area contributed by atoms with E-state index in [4.69, 9.17) is 9.47 Å². The Morgan fingerprint density at radius 2 is 1.96 bits per heavy atom. The molecule has 0 bridgehead atoms. The lowest BCUT2D eigenvalue weighted by Gasteiger charge is -2.18. The molecule has 0 radical (unpaired) electrons. The highest BCUT2D eigenvalue weighted by Crippen LogP contribution is 2.25. The van der Waals surface area contributed by atoms with Gasteiger partial charge in [-0.1, -0.05) is 32.9 Å². The summed E-state index contributed by atoms with van der Waals surface area (Å²) in [5.74, 6) is 1.42. The van der Waals surface area contributed by atoms with Gasteiger partial charge in [0.05, 0.1) is 25.0 Å². The number of para-hydroxylation sites is 1. The van der Waals surface area contributed by atoms with Gasteiger partial charge < -0.3 is 14.4 Å². The van der Waals surface area contributed by atoms with Crippen molar-refractivity contribution in [2.24, 2.45) is 5.92 Å². The topological polar surface area (TPSA) is 64.5 Å². The molecule has 1 aromatic heterocycles. The Morgan fingerprint density at radius 3 is 2.63 bits per heavy atom. The van der Waals surface area contributed by atoms with Gasteiger partial charge in [0.25, 0.3) is 5.91 Å². The SMILES string of the molecule is COc1ccccc1C(=O)N1CCC(COc2ccc(C(C)(C)C)nn2)C1. The van der Waals surface area contributed by atoms with Crippen molar-refractivity contribution in [3.63, 3.8) is 0 Å². The van der Waals surface area contributed by atoms with E-state index >= 15 is 0 Å². The van der Waals surface area contributed by atoms with Gasteiger partial charge in [0.1, 0.15) is 5.75 Å². The number of rotatable bonds is 5. The molecule has 6 heteroatoms. The molecule has 3 rings (SSSR count). The van der Waals surface area contributed by atoms with Gasteiger partial charge in [0, 0.05) is 30.5 Å². The van der Waals surface area contributed by atoms with E-state index in [-0.39, 0.29) is 17.2 Å². The number of benzene rings is 1. The molecule has 0 N–H and O–H groups in total. The van der Waals surface area contributed by atoms with E-state index in [1.165, 1.54) is 0 Å². The normalized spacial score (nSPS) is 17.0. The average molecular weight is 369 g/mol. The maximum Gasteiger partial charge on any atom is 0.257 e. The summed E-state index contributed by atoms with van der Waals surface area (Å²) >= 11 is 0. The Morgan fingerprint density at radius 1 is 1.19 bits per heavy atom. The molecule has 1 amide bonds. The maximum absolute atomic E-state index is 12.8. The molecule has 0 saturated carbocycles. The number of hydrogen-bond acceptors (Lipinski definition) is 5. The molecule has 0 spiro atoms. The standard InChI is InChI=1S/C21H27N3O3/c1-21(2,3)18-9-10-19(23-22-18)27-14-15-11-12-24(13-15)20(25)16-7-5-6-8-17(16)26-4/h5-10,15H,11-14H2,1-4H3. The van der Waals surface area contributed by atoms with Crippen LogP contribution in [0.15, 0.2) is 36.4 Å². The second-order valence-electron chi connectivity index (χ2n) is 7.92. The maximum atomic E-state index is 12.8. The summed E-state index contributed by atoms with van der Waals surface area (Å²) < 4.78 is 11.1. The minimum absolute atomic E-state index is 0.00396. The predicted molar refractivity (Wildman–Crippen MR) is 103 cm³/mol. The molecule has 0 aliphatic carbocycles. The van der Waals surface area contributed by atoms with Crippen molar-refractivity contribution in [2.75, 3.05) is 26.8 Å². The Kier molecular flexibility index (Phi) is 5.63. The van der Waals surface area contributed by atoms with Crippen LogP contribution in [0.5, 0.6) is 11.6 Å². The smallest absolute Gasteiger partial charge is 0.257 e. The van der Waals surface area contributed by atoms with Gasteiger partial charge in [-0.2, -0.15) is 5.10 Å². The number of carbonyl (C=O) groups excluding carboxylic acids is 1. The van der Waals surface area contributed by atoms with Crippen molar-refractivity contribution in [2.45, 2.75) is 32.6 Å². The van der Waals surface area contributed by atoms with Crippen molar-refractivity contribution in [1.82, 2.24) is 15.1 Å². The average Bonchev–Trinajstić information content (AvgIpc) is 3.14. The van der Waals surface area contributed by atoms with Crippen LogP contribution in [0.4, 0.5) is 0 Å². The zero-order valence-corrected chi connectivity index (χ0v) is 16.4. The molecule has 1 aliphatic rings. The Balaban J connectivity index is 1.55. The van der Waals surface area contributed by atoms with Crippen LogP contribution >= 0.6 is 0 Å². The van der Waals surface area contributed by atoms with Crippen molar-refractivity contribution in [3.8, 4) is 11.6 Å². The summed E-state index contributed by atoms with van der Waals surface area (Å²) in [5, 5.41) is 8.40. The first-order chi connectivity index (χ1) is 12.9. The molecule has 1 aromatic carbocycles. The fourth-order valence-electron chi connectivity index (χ4n) is 3.15. The highest BCUT2D eigenvalue weighted by atomic mass is 16.5. The number of carbonyl (C=O) groups is 1. The van der Waals surface area contributed by atoms with Crippen LogP contribution in [0, 0.1) is 5.92 Å². The lowest BCUT2D eigenvalue weighted by molar-refractivity contribution is 0.0779. The third-order valence-electron chi connectivity index (χ3n) is 4.79. The number of likely N-dealkylation sites (tertiary alicyclic amines) is 1. The summed E-state index contributed by atoms with van der Waals surface area (Å²) in [4.78, 5) is 14.6. The van der Waals surface area contributed by atoms with Crippen LogP contribution in [-0.2, 0) is 5.41 Å². The third kappa shape index (κ3) is 4.56. The number of hydrogen-bond donors (Lipinski definition) is 0. The summed E-state index contributed by atoms with van der Waals surface area (Å²) in [5.41, 5.74) is 1.51. The molecule has 2 heterocycles. The van der Waals surface area contributed by atoms with Crippen LogP contribution in [0.1, 0.15) is 43.2 Å². The molecular formula is C21H27N3O3. The molecule has 1 aliphatic heterocycles. The Labute approximate surface area is 160 Å². The van der Waals surface area contributed by atoms with E-state index in [1.807, 2.05) is 35.2 Å². The van der Waals surface area contributed by atoms with E-state index in [0.29, 0.717) is 30.3 Å². The fourth-order valence-corrected chi connectivity index (χ4v) is 3.15. The minimum atomic E-state index is -0.0314. The first-order valence-corrected chi connectivity index (χ1v) is 9.28. The summed E-state index contributed by atoms with van der Waals surface area (Å²) in [7, 11) is 1.58. The molecule has 1 unspecified atom stereocenters. The largest absolute Gasteiger partial charge is 0.496 e. The van der Waals surface area contributed by atoms with Gasteiger partial charge in [-0.3, -0.25) is 4.79 Å². The minimum Gasteiger partial charge on any atom is -0.496 e. The Hall–Kier alpha value is -2.63. The van der Waals surface area contributed by atoms with Gasteiger partial charge in [0.2, 0.25) is 5.88 Å². The van der Waals surface area contributed by atoms with Crippen molar-refractivity contribution >= 4 is 5.91 Å². The van der Waals surface area contributed by atoms with Gasteiger partial charge >= 0.3 is 0 Å². The molecule has 27 heavy (non-hydrogen) atoms. The highest BCUT2D eigenvalue weighted by Gasteiger charge is 2.29. The van der Waals surface area contributed by atoms with Gasteiger partial charge in [-0.25, -0.2) is 0 Å². The van der Waals surface area contributed by atoms with Crippen LogP contribution in [0.2, 0.25) is 0 Å². The first-order valence-electron chi connectivity index (χ1n) is 9.28. The van der Waals surface area contributed by atoms with E-state index in [2.05, 4.69) is 31.0 Å². The molecule has 144 valence electrons. The second kappa shape index (κ2) is 7.94. The number of ether oxygens (including phenoxy) is 2. The first kappa shape index (κ1) is 19.1. The van der Waals surface area contributed by atoms with E-state index in [0.717, 1.165) is 18.7 Å². The zero-order chi connectivity index (χ0) is 19.4. The lowest BCUT2D eigenvalue weighted by atomic mass is 9.92.